The monoisotopic (exact) mass is 330 g/mol. The Balaban J connectivity index is 2.73. The molecule has 0 aliphatic carbocycles. The van der Waals surface area contributed by atoms with Gasteiger partial charge >= 0.3 is 5.97 Å². The highest BCUT2D eigenvalue weighted by atomic mass is 16.5. The van der Waals surface area contributed by atoms with E-state index in [4.69, 9.17) is 24.9 Å². The Hall–Kier alpha value is -3.14. The summed E-state index contributed by atoms with van der Waals surface area (Å²) in [4.78, 5) is 23.4. The summed E-state index contributed by atoms with van der Waals surface area (Å²) < 4.78 is 15.2. The van der Waals surface area contributed by atoms with Gasteiger partial charge in [-0.15, -0.1) is 0 Å². The zero-order chi connectivity index (χ0) is 18.1. The van der Waals surface area contributed by atoms with Crippen molar-refractivity contribution in [1.29, 1.82) is 10.7 Å². The van der Waals surface area contributed by atoms with Crippen molar-refractivity contribution in [2.24, 2.45) is 5.92 Å². The number of nitrogens with one attached hydrogen (secondary N) is 1. The molecule has 7 heteroatoms. The fourth-order valence-corrected chi connectivity index (χ4v) is 1.89. The van der Waals surface area contributed by atoms with Gasteiger partial charge in [-0.25, -0.2) is 4.79 Å². The van der Waals surface area contributed by atoms with Gasteiger partial charge in [0.1, 0.15) is 5.92 Å². The van der Waals surface area contributed by atoms with Crippen molar-refractivity contribution < 1.29 is 23.8 Å². The zero-order valence-corrected chi connectivity index (χ0v) is 13.7. The number of benzene rings is 1. The number of para-hydroxylation sites is 1. The highest BCUT2D eigenvalue weighted by Crippen LogP contribution is 2.31. The van der Waals surface area contributed by atoms with E-state index in [1.54, 1.807) is 24.3 Å². The van der Waals surface area contributed by atoms with Gasteiger partial charge in [-0.1, -0.05) is 12.1 Å². The van der Waals surface area contributed by atoms with Gasteiger partial charge in [0.15, 0.2) is 23.9 Å². The summed E-state index contributed by atoms with van der Waals surface area (Å²) in [6.07, 6.45) is 2.61. The summed E-state index contributed by atoms with van der Waals surface area (Å²) >= 11 is 0. The molecule has 0 fully saturated rings. The minimum atomic E-state index is -1.19. The lowest BCUT2D eigenvalue weighted by Gasteiger charge is -2.09. The molecule has 24 heavy (non-hydrogen) atoms. The summed E-state index contributed by atoms with van der Waals surface area (Å²) in [7, 11) is 2.98. The van der Waals surface area contributed by atoms with Gasteiger partial charge in [-0.3, -0.25) is 4.79 Å². The first-order valence-corrected chi connectivity index (χ1v) is 6.97. The predicted molar refractivity (Wildman–Crippen MR) is 87.0 cm³/mol. The Kier molecular flexibility index (Phi) is 7.17. The number of hydrogen-bond acceptors (Lipinski definition) is 7. The molecule has 1 atom stereocenters. The summed E-state index contributed by atoms with van der Waals surface area (Å²) in [5.41, 5.74) is 0.514. The van der Waals surface area contributed by atoms with Gasteiger partial charge in [0, 0.05) is 17.4 Å². The van der Waals surface area contributed by atoms with Crippen LogP contribution in [0.4, 0.5) is 0 Å². The second kappa shape index (κ2) is 9.10. The second-order valence-corrected chi connectivity index (χ2v) is 4.74. The number of methoxy groups -OCH3 is 2. The van der Waals surface area contributed by atoms with Crippen molar-refractivity contribution in [2.75, 3.05) is 20.8 Å². The molecule has 1 aromatic carbocycles. The van der Waals surface area contributed by atoms with Crippen LogP contribution in [0.2, 0.25) is 0 Å². The first kappa shape index (κ1) is 18.9. The lowest BCUT2D eigenvalue weighted by Crippen LogP contribution is -2.25. The maximum atomic E-state index is 11.7. The van der Waals surface area contributed by atoms with Gasteiger partial charge in [0.05, 0.1) is 20.3 Å². The highest BCUT2D eigenvalue weighted by Gasteiger charge is 2.21. The highest BCUT2D eigenvalue weighted by molar-refractivity contribution is 6.06. The molecule has 0 heterocycles. The van der Waals surface area contributed by atoms with Crippen molar-refractivity contribution in [1.82, 2.24) is 0 Å². The van der Waals surface area contributed by atoms with Crippen LogP contribution >= 0.6 is 0 Å². The second-order valence-electron chi connectivity index (χ2n) is 4.74. The third-order valence-corrected chi connectivity index (χ3v) is 3.07. The third kappa shape index (κ3) is 4.95. The lowest BCUT2D eigenvalue weighted by atomic mass is 10.0. The van der Waals surface area contributed by atoms with Crippen LogP contribution in [0.15, 0.2) is 24.3 Å². The van der Waals surface area contributed by atoms with E-state index in [0.717, 1.165) is 6.08 Å². The van der Waals surface area contributed by atoms with E-state index in [1.807, 2.05) is 0 Å². The third-order valence-electron chi connectivity index (χ3n) is 3.07. The maximum absolute atomic E-state index is 11.7. The molecule has 1 unspecified atom stereocenters. The van der Waals surface area contributed by atoms with Crippen LogP contribution in [0.1, 0.15) is 12.5 Å². The van der Waals surface area contributed by atoms with E-state index in [-0.39, 0.29) is 5.71 Å². The quantitative estimate of drug-likeness (QED) is 0.443. The van der Waals surface area contributed by atoms with Crippen LogP contribution in [-0.2, 0) is 14.3 Å². The van der Waals surface area contributed by atoms with Gasteiger partial charge in [0.25, 0.3) is 0 Å². The molecule has 1 aromatic rings. The van der Waals surface area contributed by atoms with Crippen LogP contribution in [0.25, 0.3) is 6.08 Å². The van der Waals surface area contributed by atoms with E-state index in [0.29, 0.717) is 17.1 Å². The van der Waals surface area contributed by atoms with Crippen LogP contribution in [0, 0.1) is 22.7 Å². The summed E-state index contributed by atoms with van der Waals surface area (Å²) in [5, 5.41) is 16.1. The standard InChI is InChI=1S/C17H18N2O5/c1-11(19)13(9-18)14(20)10-24-16(21)8-7-12-5-4-6-15(22-2)17(12)23-3/h4-8,13,19H,10H2,1-3H3/b8-7+,19-11?. The number of nitriles is 1. The predicted octanol–water partition coefficient (Wildman–Crippen LogP) is 2.01. The smallest absolute Gasteiger partial charge is 0.331 e. The first-order valence-electron chi connectivity index (χ1n) is 6.97. The lowest BCUT2D eigenvalue weighted by molar-refractivity contribution is -0.143. The van der Waals surface area contributed by atoms with Gasteiger partial charge < -0.3 is 19.6 Å². The molecule has 0 bridgehead atoms. The minimum Gasteiger partial charge on any atom is -0.493 e. The van der Waals surface area contributed by atoms with Crippen molar-refractivity contribution >= 4 is 23.5 Å². The molecule has 0 aromatic heterocycles. The molecule has 1 N–H and O–H groups in total. The fraction of sp³-hybridized carbons (Fsp3) is 0.294. The van der Waals surface area contributed by atoms with Crippen molar-refractivity contribution in [3.8, 4) is 17.6 Å². The van der Waals surface area contributed by atoms with Crippen LogP contribution < -0.4 is 9.47 Å². The molecular formula is C17H18N2O5. The minimum absolute atomic E-state index is 0.0878. The van der Waals surface area contributed by atoms with E-state index < -0.39 is 24.3 Å². The Bertz CT molecular complexity index is 703. The van der Waals surface area contributed by atoms with E-state index in [2.05, 4.69) is 0 Å². The number of carbonyl (C=O) groups excluding carboxylic acids is 2. The number of ether oxygens (including phenoxy) is 3. The van der Waals surface area contributed by atoms with Gasteiger partial charge in [-0.05, 0) is 19.1 Å². The molecule has 0 spiro atoms. The van der Waals surface area contributed by atoms with Gasteiger partial charge in [-0.2, -0.15) is 5.26 Å². The van der Waals surface area contributed by atoms with Crippen LogP contribution in [0.3, 0.4) is 0 Å². The van der Waals surface area contributed by atoms with E-state index in [9.17, 15) is 9.59 Å². The summed E-state index contributed by atoms with van der Waals surface area (Å²) in [6.45, 7) is 0.787. The molecule has 0 aliphatic heterocycles. The number of nitrogens with zero attached hydrogens (tertiary/aromatic N) is 1. The number of carbonyl (C=O) groups is 2. The first-order chi connectivity index (χ1) is 11.4. The molecule has 0 aliphatic rings. The number of hydrogen-bond donors (Lipinski definition) is 1. The molecule has 1 rings (SSSR count). The topological polar surface area (TPSA) is 109 Å². The average Bonchev–Trinajstić information content (AvgIpc) is 2.57. The van der Waals surface area contributed by atoms with Gasteiger partial charge in [0.2, 0.25) is 0 Å². The van der Waals surface area contributed by atoms with E-state index in [1.165, 1.54) is 27.2 Å². The molecular weight excluding hydrogens is 312 g/mol. The molecule has 7 nitrogen and oxygen atoms in total. The van der Waals surface area contributed by atoms with E-state index >= 15 is 0 Å². The molecule has 0 amide bonds. The van der Waals surface area contributed by atoms with Crippen LogP contribution in [-0.4, -0.2) is 38.3 Å². The van der Waals surface area contributed by atoms with Crippen molar-refractivity contribution in [3.63, 3.8) is 0 Å². The van der Waals surface area contributed by atoms with Crippen molar-refractivity contribution in [2.45, 2.75) is 6.92 Å². The molecule has 126 valence electrons. The number of ketones is 1. The molecule has 0 saturated heterocycles. The Morgan fingerprint density at radius 3 is 2.58 bits per heavy atom. The number of esters is 1. The largest absolute Gasteiger partial charge is 0.493 e. The Morgan fingerprint density at radius 2 is 2.04 bits per heavy atom. The maximum Gasteiger partial charge on any atom is 0.331 e. The molecule has 0 saturated carbocycles. The fourth-order valence-electron chi connectivity index (χ4n) is 1.89. The molecule has 0 radical (unpaired) electrons. The zero-order valence-electron chi connectivity index (χ0n) is 13.7. The SMILES string of the molecule is COc1cccc(/C=C/C(=O)OCC(=O)C(C#N)C(C)=N)c1OC. The Morgan fingerprint density at radius 1 is 1.33 bits per heavy atom. The Labute approximate surface area is 139 Å². The summed E-state index contributed by atoms with van der Waals surface area (Å²) in [5.74, 6) is -1.59. The average molecular weight is 330 g/mol. The normalized spacial score (nSPS) is 11.4. The van der Waals surface area contributed by atoms with Crippen molar-refractivity contribution in [3.05, 3.63) is 29.8 Å². The van der Waals surface area contributed by atoms with Crippen LogP contribution in [0.5, 0.6) is 11.5 Å². The number of Topliss-reactive ketones (excluding diaryl/α,β-unsaturated/α-hetero) is 1. The summed E-state index contributed by atoms with van der Waals surface area (Å²) in [6, 6.07) is 6.87. The number of rotatable bonds is 8.